The number of hydrogen-bond donors (Lipinski definition) is 1. The molecule has 0 bridgehead atoms. The minimum absolute atomic E-state index is 0.661. The van der Waals surface area contributed by atoms with Gasteiger partial charge < -0.3 is 9.88 Å². The van der Waals surface area contributed by atoms with E-state index in [4.69, 9.17) is 0 Å². The van der Waals surface area contributed by atoms with Crippen molar-refractivity contribution < 1.29 is 0 Å². The Morgan fingerprint density at radius 3 is 3.12 bits per heavy atom. The Labute approximate surface area is 95.5 Å². The largest absolute Gasteiger partial charge is 0.357 e. The maximum atomic E-state index is 4.50. The molecule has 3 heteroatoms. The Morgan fingerprint density at radius 2 is 2.31 bits per heavy atom. The molecule has 0 fully saturated rings. The minimum atomic E-state index is 0.661. The number of fused-ring (bicyclic) bond motifs is 3. The highest BCUT2D eigenvalue weighted by atomic mass is 15.1. The number of aromatic amines is 1. The van der Waals surface area contributed by atoms with Crippen LogP contribution in [0.4, 0.5) is 0 Å². The lowest BCUT2D eigenvalue weighted by Gasteiger charge is -2.28. The third-order valence-electron chi connectivity index (χ3n) is 3.64. The van der Waals surface area contributed by atoms with Crippen LogP contribution in [-0.2, 0) is 12.8 Å². The predicted molar refractivity (Wildman–Crippen MR) is 65.6 cm³/mol. The fourth-order valence-corrected chi connectivity index (χ4v) is 2.65. The van der Waals surface area contributed by atoms with Gasteiger partial charge in [0.25, 0.3) is 0 Å². The summed E-state index contributed by atoms with van der Waals surface area (Å²) in [5.74, 6) is 0. The van der Waals surface area contributed by atoms with Gasteiger partial charge in [-0.05, 0) is 45.5 Å². The van der Waals surface area contributed by atoms with E-state index in [1.165, 1.54) is 28.7 Å². The summed E-state index contributed by atoms with van der Waals surface area (Å²) in [5, 5.41) is 0. The molecule has 2 aromatic rings. The highest BCUT2D eigenvalue weighted by molar-refractivity contribution is 5.80. The summed E-state index contributed by atoms with van der Waals surface area (Å²) < 4.78 is 0. The first-order valence-electron chi connectivity index (χ1n) is 5.86. The zero-order chi connectivity index (χ0) is 11.1. The first-order valence-corrected chi connectivity index (χ1v) is 5.86. The van der Waals surface area contributed by atoms with Crippen LogP contribution in [0.5, 0.6) is 0 Å². The van der Waals surface area contributed by atoms with Crippen molar-refractivity contribution in [3.8, 4) is 0 Å². The molecule has 0 amide bonds. The van der Waals surface area contributed by atoms with Gasteiger partial charge in [-0.25, -0.2) is 0 Å². The smallest absolute Gasteiger partial charge is 0.0914 e. The number of aromatic nitrogens is 2. The number of pyridine rings is 1. The van der Waals surface area contributed by atoms with Crippen molar-refractivity contribution in [3.63, 3.8) is 0 Å². The van der Waals surface area contributed by atoms with Crippen LogP contribution in [-0.4, -0.2) is 35.0 Å². The van der Waals surface area contributed by atoms with Crippen LogP contribution in [0.2, 0.25) is 0 Å². The molecule has 3 nitrogen and oxygen atoms in total. The van der Waals surface area contributed by atoms with Crippen LogP contribution in [0.25, 0.3) is 11.0 Å². The van der Waals surface area contributed by atoms with Crippen LogP contribution in [0, 0.1) is 0 Å². The molecule has 1 N–H and O–H groups in total. The molecular formula is C13H17N3. The number of rotatable bonds is 1. The van der Waals surface area contributed by atoms with E-state index in [0.717, 1.165) is 12.8 Å². The molecule has 1 aliphatic carbocycles. The normalized spacial score (nSPS) is 20.3. The first kappa shape index (κ1) is 9.85. The van der Waals surface area contributed by atoms with E-state index >= 15 is 0 Å². The average molecular weight is 215 g/mol. The molecule has 84 valence electrons. The third-order valence-corrected chi connectivity index (χ3v) is 3.64. The van der Waals surface area contributed by atoms with Crippen LogP contribution >= 0.6 is 0 Å². The van der Waals surface area contributed by atoms with Gasteiger partial charge in [0.2, 0.25) is 0 Å². The van der Waals surface area contributed by atoms with Crippen molar-refractivity contribution in [2.24, 2.45) is 0 Å². The van der Waals surface area contributed by atoms with Crippen molar-refractivity contribution in [2.45, 2.75) is 25.3 Å². The van der Waals surface area contributed by atoms with Crippen LogP contribution < -0.4 is 0 Å². The molecule has 2 heterocycles. The number of aryl methyl sites for hydroxylation is 1. The topological polar surface area (TPSA) is 31.9 Å². The Hall–Kier alpha value is -1.35. The van der Waals surface area contributed by atoms with Crippen LogP contribution in [0.15, 0.2) is 18.3 Å². The molecule has 2 aromatic heterocycles. The van der Waals surface area contributed by atoms with Crippen molar-refractivity contribution in [2.75, 3.05) is 14.1 Å². The first-order chi connectivity index (χ1) is 7.75. The molecule has 1 aliphatic rings. The molecule has 0 spiro atoms. The zero-order valence-electron chi connectivity index (χ0n) is 9.83. The maximum Gasteiger partial charge on any atom is 0.0914 e. The fourth-order valence-electron chi connectivity index (χ4n) is 2.65. The molecule has 0 unspecified atom stereocenters. The van der Waals surface area contributed by atoms with Gasteiger partial charge in [0.1, 0.15) is 0 Å². The molecule has 0 saturated heterocycles. The quantitative estimate of drug-likeness (QED) is 0.789. The predicted octanol–water partition coefficient (Wildman–Crippen LogP) is 1.98. The van der Waals surface area contributed by atoms with E-state index in [2.05, 4.69) is 35.0 Å². The van der Waals surface area contributed by atoms with Gasteiger partial charge in [-0.15, -0.1) is 0 Å². The molecule has 0 aliphatic heterocycles. The lowest BCUT2D eigenvalue weighted by atomic mass is 9.92. The van der Waals surface area contributed by atoms with Crippen LogP contribution in [0.1, 0.15) is 17.7 Å². The maximum absolute atomic E-state index is 4.50. The SMILES string of the molecule is CN(C)[C@@H]1CCc2[nH]c3cccnc3c2C1. The number of nitrogens with zero attached hydrogens (tertiary/aromatic N) is 2. The third kappa shape index (κ3) is 1.43. The van der Waals surface area contributed by atoms with Gasteiger partial charge in [-0.3, -0.25) is 4.98 Å². The number of H-pyrrole nitrogens is 1. The van der Waals surface area contributed by atoms with E-state index in [9.17, 15) is 0 Å². The summed E-state index contributed by atoms with van der Waals surface area (Å²) in [5.41, 5.74) is 5.18. The molecule has 0 radical (unpaired) electrons. The fraction of sp³-hybridized carbons (Fsp3) is 0.462. The summed E-state index contributed by atoms with van der Waals surface area (Å²) in [6.45, 7) is 0. The van der Waals surface area contributed by atoms with Crippen molar-refractivity contribution in [1.29, 1.82) is 0 Å². The summed E-state index contributed by atoms with van der Waals surface area (Å²) in [4.78, 5) is 10.3. The van der Waals surface area contributed by atoms with Crippen LogP contribution in [0.3, 0.4) is 0 Å². The van der Waals surface area contributed by atoms with Gasteiger partial charge in [0, 0.05) is 23.5 Å². The van der Waals surface area contributed by atoms with E-state index < -0.39 is 0 Å². The molecule has 1 atom stereocenters. The second-order valence-electron chi connectivity index (χ2n) is 4.84. The summed E-state index contributed by atoms with van der Waals surface area (Å²) in [6.07, 6.45) is 5.40. The summed E-state index contributed by atoms with van der Waals surface area (Å²) in [7, 11) is 4.33. The average Bonchev–Trinajstić information content (AvgIpc) is 2.66. The zero-order valence-corrected chi connectivity index (χ0v) is 9.83. The second-order valence-corrected chi connectivity index (χ2v) is 4.84. The minimum Gasteiger partial charge on any atom is -0.357 e. The van der Waals surface area contributed by atoms with Gasteiger partial charge in [0.15, 0.2) is 0 Å². The highest BCUT2D eigenvalue weighted by Gasteiger charge is 2.23. The molecule has 0 saturated carbocycles. The van der Waals surface area contributed by atoms with E-state index in [-0.39, 0.29) is 0 Å². The standard InChI is InChI=1S/C13H17N3/c1-16(2)9-5-6-11-10(8-9)13-12(15-11)4-3-7-14-13/h3-4,7,9,15H,5-6,8H2,1-2H3/t9-/m1/s1. The van der Waals surface area contributed by atoms with Gasteiger partial charge in [0.05, 0.1) is 11.0 Å². The lowest BCUT2D eigenvalue weighted by molar-refractivity contribution is 0.268. The van der Waals surface area contributed by atoms with Crippen molar-refractivity contribution in [3.05, 3.63) is 29.6 Å². The molecule has 3 rings (SSSR count). The number of nitrogens with one attached hydrogen (secondary N) is 1. The monoisotopic (exact) mass is 215 g/mol. The Balaban J connectivity index is 2.08. The molecule has 16 heavy (non-hydrogen) atoms. The Morgan fingerprint density at radius 1 is 1.44 bits per heavy atom. The van der Waals surface area contributed by atoms with Gasteiger partial charge in [-0.2, -0.15) is 0 Å². The number of hydrogen-bond acceptors (Lipinski definition) is 2. The van der Waals surface area contributed by atoms with Gasteiger partial charge in [-0.1, -0.05) is 0 Å². The van der Waals surface area contributed by atoms with E-state index in [1.54, 1.807) is 0 Å². The molecular weight excluding hydrogens is 198 g/mol. The van der Waals surface area contributed by atoms with Gasteiger partial charge >= 0.3 is 0 Å². The second kappa shape index (κ2) is 3.59. The lowest BCUT2D eigenvalue weighted by Crippen LogP contribution is -2.33. The number of likely N-dealkylation sites (N-methyl/N-ethyl adjacent to an activating group) is 1. The Bertz CT molecular complexity index is 513. The van der Waals surface area contributed by atoms with Crippen molar-refractivity contribution >= 4 is 11.0 Å². The summed E-state index contributed by atoms with van der Waals surface area (Å²) >= 11 is 0. The highest BCUT2D eigenvalue weighted by Crippen LogP contribution is 2.28. The molecule has 0 aromatic carbocycles. The van der Waals surface area contributed by atoms with E-state index in [1.807, 2.05) is 12.3 Å². The van der Waals surface area contributed by atoms with E-state index in [0.29, 0.717) is 6.04 Å². The Kier molecular flexibility index (Phi) is 2.21. The summed E-state index contributed by atoms with van der Waals surface area (Å²) in [6, 6.07) is 4.77. The van der Waals surface area contributed by atoms with Crippen molar-refractivity contribution in [1.82, 2.24) is 14.9 Å².